The molecular formula is C16H18O2. The quantitative estimate of drug-likeness (QED) is 0.889. The summed E-state index contributed by atoms with van der Waals surface area (Å²) in [6.45, 7) is 4.59. The number of hydrogen-bond donors (Lipinski definition) is 1. The molecule has 1 atom stereocenters. The van der Waals surface area contributed by atoms with Gasteiger partial charge in [0.25, 0.3) is 0 Å². The average molecular weight is 242 g/mol. The summed E-state index contributed by atoms with van der Waals surface area (Å²) < 4.78 is 5.55. The van der Waals surface area contributed by atoms with Gasteiger partial charge in [-0.05, 0) is 36.6 Å². The third-order valence-electron chi connectivity index (χ3n) is 2.94. The van der Waals surface area contributed by atoms with E-state index >= 15 is 0 Å². The topological polar surface area (TPSA) is 29.5 Å². The highest BCUT2D eigenvalue weighted by Crippen LogP contribution is 2.27. The van der Waals surface area contributed by atoms with Crippen LogP contribution in [0, 0.1) is 6.92 Å². The van der Waals surface area contributed by atoms with Gasteiger partial charge in [0.1, 0.15) is 11.9 Å². The van der Waals surface area contributed by atoms with E-state index in [0.29, 0.717) is 6.61 Å². The first-order valence-corrected chi connectivity index (χ1v) is 6.18. The van der Waals surface area contributed by atoms with Gasteiger partial charge in [-0.3, -0.25) is 0 Å². The molecule has 18 heavy (non-hydrogen) atoms. The number of aryl methyl sites for hydroxylation is 1. The van der Waals surface area contributed by atoms with Gasteiger partial charge in [0, 0.05) is 0 Å². The molecule has 2 heteroatoms. The van der Waals surface area contributed by atoms with Crippen molar-refractivity contribution in [2.75, 3.05) is 6.61 Å². The molecule has 0 bridgehead atoms. The van der Waals surface area contributed by atoms with Crippen molar-refractivity contribution >= 4 is 0 Å². The summed E-state index contributed by atoms with van der Waals surface area (Å²) in [6, 6.07) is 15.5. The first-order valence-electron chi connectivity index (χ1n) is 6.18. The van der Waals surface area contributed by atoms with E-state index in [-0.39, 0.29) is 0 Å². The van der Waals surface area contributed by atoms with Crippen LogP contribution in [-0.4, -0.2) is 11.7 Å². The Balaban J connectivity index is 2.31. The van der Waals surface area contributed by atoms with Crippen molar-refractivity contribution < 1.29 is 9.84 Å². The summed E-state index contributed by atoms with van der Waals surface area (Å²) in [5.41, 5.74) is 2.83. The average Bonchev–Trinajstić information content (AvgIpc) is 2.42. The van der Waals surface area contributed by atoms with Crippen molar-refractivity contribution in [2.24, 2.45) is 0 Å². The summed E-state index contributed by atoms with van der Waals surface area (Å²) in [6.07, 6.45) is -0.606. The van der Waals surface area contributed by atoms with Gasteiger partial charge in [-0.25, -0.2) is 0 Å². The standard InChI is InChI=1S/C16H18O2/c1-3-18-15-11-14(10-9-12(15)2)16(17)13-7-5-4-6-8-13/h4-11,16-17H,3H2,1-2H3. The lowest BCUT2D eigenvalue weighted by Crippen LogP contribution is -2.01. The number of ether oxygens (including phenoxy) is 1. The van der Waals surface area contributed by atoms with Crippen LogP contribution in [0.25, 0.3) is 0 Å². The van der Waals surface area contributed by atoms with Crippen LogP contribution in [0.4, 0.5) is 0 Å². The van der Waals surface area contributed by atoms with Crippen LogP contribution in [0.5, 0.6) is 5.75 Å². The lowest BCUT2D eigenvalue weighted by Gasteiger charge is -2.14. The van der Waals surface area contributed by atoms with Crippen molar-refractivity contribution in [1.29, 1.82) is 0 Å². The number of hydrogen-bond acceptors (Lipinski definition) is 2. The Bertz CT molecular complexity index is 506. The van der Waals surface area contributed by atoms with Crippen LogP contribution < -0.4 is 4.74 Å². The van der Waals surface area contributed by atoms with E-state index in [0.717, 1.165) is 22.4 Å². The molecule has 1 unspecified atom stereocenters. The summed E-state index contributed by atoms with van der Waals surface area (Å²) in [4.78, 5) is 0. The Morgan fingerprint density at radius 1 is 1.06 bits per heavy atom. The number of aliphatic hydroxyl groups is 1. The monoisotopic (exact) mass is 242 g/mol. The second-order valence-electron chi connectivity index (χ2n) is 4.27. The molecular weight excluding hydrogens is 224 g/mol. The molecule has 0 aliphatic heterocycles. The lowest BCUT2D eigenvalue weighted by atomic mass is 10.00. The molecule has 0 spiro atoms. The zero-order valence-corrected chi connectivity index (χ0v) is 10.8. The van der Waals surface area contributed by atoms with Gasteiger partial charge in [0.15, 0.2) is 0 Å². The summed E-state index contributed by atoms with van der Waals surface area (Å²) in [5.74, 6) is 0.838. The predicted octanol–water partition coefficient (Wildman–Crippen LogP) is 3.48. The highest BCUT2D eigenvalue weighted by Gasteiger charge is 2.11. The molecule has 94 valence electrons. The van der Waals surface area contributed by atoms with Gasteiger partial charge in [0.05, 0.1) is 6.61 Å². The largest absolute Gasteiger partial charge is 0.494 e. The molecule has 0 heterocycles. The first kappa shape index (κ1) is 12.7. The van der Waals surface area contributed by atoms with Gasteiger partial charge < -0.3 is 9.84 Å². The van der Waals surface area contributed by atoms with Crippen LogP contribution in [0.2, 0.25) is 0 Å². The highest BCUT2D eigenvalue weighted by molar-refractivity contribution is 5.40. The van der Waals surface area contributed by atoms with Crippen molar-refractivity contribution in [1.82, 2.24) is 0 Å². The molecule has 0 aliphatic carbocycles. The fourth-order valence-electron chi connectivity index (χ4n) is 1.93. The molecule has 0 radical (unpaired) electrons. The second-order valence-corrected chi connectivity index (χ2v) is 4.27. The van der Waals surface area contributed by atoms with Crippen LogP contribution in [0.1, 0.15) is 29.7 Å². The molecule has 0 saturated carbocycles. The Labute approximate surface area is 108 Å². The molecule has 1 N–H and O–H groups in total. The second kappa shape index (κ2) is 5.69. The van der Waals surface area contributed by atoms with E-state index in [9.17, 15) is 5.11 Å². The van der Waals surface area contributed by atoms with Crippen LogP contribution in [0.15, 0.2) is 48.5 Å². The Morgan fingerprint density at radius 3 is 2.44 bits per heavy atom. The normalized spacial score (nSPS) is 12.2. The third-order valence-corrected chi connectivity index (χ3v) is 2.94. The van der Waals surface area contributed by atoms with E-state index in [4.69, 9.17) is 4.74 Å². The van der Waals surface area contributed by atoms with E-state index < -0.39 is 6.10 Å². The van der Waals surface area contributed by atoms with Crippen LogP contribution >= 0.6 is 0 Å². The fraction of sp³-hybridized carbons (Fsp3) is 0.250. The summed E-state index contributed by atoms with van der Waals surface area (Å²) in [7, 11) is 0. The minimum Gasteiger partial charge on any atom is -0.494 e. The third kappa shape index (κ3) is 2.71. The highest BCUT2D eigenvalue weighted by atomic mass is 16.5. The van der Waals surface area contributed by atoms with Crippen molar-refractivity contribution in [3.63, 3.8) is 0 Å². The SMILES string of the molecule is CCOc1cc(C(O)c2ccccc2)ccc1C. The smallest absolute Gasteiger partial charge is 0.122 e. The predicted molar refractivity (Wildman–Crippen MR) is 72.9 cm³/mol. The van der Waals surface area contributed by atoms with Gasteiger partial charge in [0.2, 0.25) is 0 Å². The fourth-order valence-corrected chi connectivity index (χ4v) is 1.93. The van der Waals surface area contributed by atoms with Gasteiger partial charge >= 0.3 is 0 Å². The molecule has 2 aromatic rings. The Morgan fingerprint density at radius 2 is 1.78 bits per heavy atom. The molecule has 0 fully saturated rings. The first-order chi connectivity index (χ1) is 8.72. The van der Waals surface area contributed by atoms with Gasteiger partial charge in [-0.1, -0.05) is 42.5 Å². The van der Waals surface area contributed by atoms with Crippen LogP contribution in [0.3, 0.4) is 0 Å². The molecule has 2 rings (SSSR count). The van der Waals surface area contributed by atoms with Gasteiger partial charge in [-0.2, -0.15) is 0 Å². The number of benzene rings is 2. The van der Waals surface area contributed by atoms with Crippen LogP contribution in [-0.2, 0) is 0 Å². The minimum atomic E-state index is -0.606. The molecule has 2 aromatic carbocycles. The van der Waals surface area contributed by atoms with E-state index in [1.54, 1.807) is 0 Å². The lowest BCUT2D eigenvalue weighted by molar-refractivity contribution is 0.219. The van der Waals surface area contributed by atoms with E-state index in [1.807, 2.05) is 62.4 Å². The van der Waals surface area contributed by atoms with Crippen molar-refractivity contribution in [3.05, 3.63) is 65.2 Å². The molecule has 0 aliphatic rings. The molecule has 0 aromatic heterocycles. The van der Waals surface area contributed by atoms with E-state index in [1.165, 1.54) is 0 Å². The zero-order chi connectivity index (χ0) is 13.0. The molecule has 0 amide bonds. The maximum absolute atomic E-state index is 10.3. The zero-order valence-electron chi connectivity index (χ0n) is 10.8. The number of rotatable bonds is 4. The molecule has 0 saturated heterocycles. The summed E-state index contributed by atoms with van der Waals surface area (Å²) in [5, 5.41) is 10.3. The Hall–Kier alpha value is -1.80. The maximum atomic E-state index is 10.3. The summed E-state index contributed by atoms with van der Waals surface area (Å²) >= 11 is 0. The van der Waals surface area contributed by atoms with Crippen molar-refractivity contribution in [2.45, 2.75) is 20.0 Å². The van der Waals surface area contributed by atoms with Gasteiger partial charge in [-0.15, -0.1) is 0 Å². The molecule has 2 nitrogen and oxygen atoms in total. The number of aliphatic hydroxyl groups excluding tert-OH is 1. The van der Waals surface area contributed by atoms with E-state index in [2.05, 4.69) is 0 Å². The Kier molecular flexibility index (Phi) is 4.00. The maximum Gasteiger partial charge on any atom is 0.122 e. The van der Waals surface area contributed by atoms with Crippen molar-refractivity contribution in [3.8, 4) is 5.75 Å². The minimum absolute atomic E-state index is 0.606.